The molecule has 1 aromatic carbocycles. The Morgan fingerprint density at radius 1 is 1.45 bits per heavy atom. The van der Waals surface area contributed by atoms with Gasteiger partial charge in [-0.25, -0.2) is 13.1 Å². The Bertz CT molecular complexity index is 657. The highest BCUT2D eigenvalue weighted by Crippen LogP contribution is 2.27. The van der Waals surface area contributed by atoms with E-state index in [4.69, 9.17) is 5.26 Å². The van der Waals surface area contributed by atoms with Gasteiger partial charge in [-0.1, -0.05) is 15.9 Å². The van der Waals surface area contributed by atoms with E-state index in [9.17, 15) is 8.42 Å². The molecular weight excluding hydrogens is 410 g/mol. The number of nitrogens with zero attached hydrogens (tertiary/aromatic N) is 2. The third-order valence-electron chi connectivity index (χ3n) is 3.21. The van der Waals surface area contributed by atoms with E-state index >= 15 is 0 Å². The number of likely N-dealkylation sites (tertiary alicyclic amines) is 1. The molecule has 1 heterocycles. The van der Waals surface area contributed by atoms with Crippen LogP contribution in [0.4, 0.5) is 0 Å². The first kappa shape index (κ1) is 15.8. The molecule has 2 rings (SSSR count). The SMILES string of the molecule is CC1CC(NS(=O)(=O)c2cc(Br)ccc2Br)CN1C#N. The molecule has 20 heavy (non-hydrogen) atoms. The highest BCUT2D eigenvalue weighted by atomic mass is 79.9. The van der Waals surface area contributed by atoms with E-state index in [1.165, 1.54) is 0 Å². The van der Waals surface area contributed by atoms with Gasteiger partial charge in [0.1, 0.15) is 0 Å². The highest BCUT2D eigenvalue weighted by Gasteiger charge is 2.32. The molecule has 0 aliphatic carbocycles. The van der Waals surface area contributed by atoms with Gasteiger partial charge < -0.3 is 4.90 Å². The molecule has 1 aliphatic heterocycles. The van der Waals surface area contributed by atoms with Gasteiger partial charge >= 0.3 is 0 Å². The molecule has 8 heteroatoms. The average molecular weight is 423 g/mol. The van der Waals surface area contributed by atoms with Gasteiger partial charge in [-0.15, -0.1) is 0 Å². The van der Waals surface area contributed by atoms with E-state index in [0.29, 0.717) is 21.9 Å². The third-order valence-corrected chi connectivity index (χ3v) is 6.22. The third kappa shape index (κ3) is 3.34. The summed E-state index contributed by atoms with van der Waals surface area (Å²) in [5.41, 5.74) is 0. The van der Waals surface area contributed by atoms with E-state index in [0.717, 1.165) is 0 Å². The van der Waals surface area contributed by atoms with Crippen LogP contribution in [0.5, 0.6) is 0 Å². The fourth-order valence-electron chi connectivity index (χ4n) is 2.22. The Balaban J connectivity index is 2.21. The number of hydrogen-bond acceptors (Lipinski definition) is 4. The van der Waals surface area contributed by atoms with Crippen LogP contribution >= 0.6 is 31.9 Å². The molecule has 1 saturated heterocycles. The minimum absolute atomic E-state index is 0.0543. The number of nitrogens with one attached hydrogen (secondary N) is 1. The van der Waals surface area contributed by atoms with E-state index < -0.39 is 10.0 Å². The maximum absolute atomic E-state index is 12.4. The lowest BCUT2D eigenvalue weighted by molar-refractivity contribution is 0.386. The van der Waals surface area contributed by atoms with Crippen molar-refractivity contribution in [3.63, 3.8) is 0 Å². The minimum Gasteiger partial charge on any atom is -0.306 e. The summed E-state index contributed by atoms with van der Waals surface area (Å²) in [6.07, 6.45) is 2.69. The van der Waals surface area contributed by atoms with Crippen molar-refractivity contribution in [1.82, 2.24) is 9.62 Å². The zero-order valence-corrected chi connectivity index (χ0v) is 14.7. The molecule has 0 spiro atoms. The monoisotopic (exact) mass is 421 g/mol. The van der Waals surface area contributed by atoms with Crippen LogP contribution in [-0.4, -0.2) is 31.9 Å². The quantitative estimate of drug-likeness (QED) is 0.759. The van der Waals surface area contributed by atoms with Gasteiger partial charge in [0.05, 0.1) is 4.90 Å². The Morgan fingerprint density at radius 3 is 2.75 bits per heavy atom. The number of halogens is 2. The van der Waals surface area contributed by atoms with Gasteiger partial charge in [-0.05, 0) is 47.5 Å². The summed E-state index contributed by atoms with van der Waals surface area (Å²) in [4.78, 5) is 1.78. The number of rotatable bonds is 3. The van der Waals surface area contributed by atoms with E-state index in [1.807, 2.05) is 6.92 Å². The van der Waals surface area contributed by atoms with Crippen LogP contribution in [0.3, 0.4) is 0 Å². The van der Waals surface area contributed by atoms with Gasteiger partial charge in [-0.3, -0.25) is 0 Å². The van der Waals surface area contributed by atoms with Crippen molar-refractivity contribution in [2.75, 3.05) is 6.54 Å². The Hall–Kier alpha value is -0.620. The van der Waals surface area contributed by atoms with Crippen LogP contribution < -0.4 is 4.72 Å². The summed E-state index contributed by atoms with van der Waals surface area (Å²) in [6.45, 7) is 2.31. The zero-order chi connectivity index (χ0) is 14.9. The first-order chi connectivity index (χ1) is 9.33. The lowest BCUT2D eigenvalue weighted by atomic mass is 10.2. The summed E-state index contributed by atoms with van der Waals surface area (Å²) in [7, 11) is -3.61. The second kappa shape index (κ2) is 6.02. The molecule has 5 nitrogen and oxygen atoms in total. The molecule has 1 fully saturated rings. The normalized spacial score (nSPS) is 22.8. The van der Waals surface area contributed by atoms with Gasteiger partial charge in [0.25, 0.3) is 0 Å². The molecule has 2 atom stereocenters. The second-order valence-corrected chi connectivity index (χ2v) is 8.18. The molecular formula is C12H13Br2N3O2S. The van der Waals surface area contributed by atoms with E-state index in [1.54, 1.807) is 23.1 Å². The first-order valence-corrected chi connectivity index (χ1v) is 9.04. The molecule has 0 aromatic heterocycles. The largest absolute Gasteiger partial charge is 0.306 e. The number of hydrogen-bond donors (Lipinski definition) is 1. The second-order valence-electron chi connectivity index (χ2n) is 4.73. The predicted molar refractivity (Wildman–Crippen MR) is 82.3 cm³/mol. The molecule has 2 unspecified atom stereocenters. The summed E-state index contributed by atoms with van der Waals surface area (Å²) in [6, 6.07) is 4.79. The van der Waals surface area contributed by atoms with Crippen LogP contribution in [0.15, 0.2) is 32.0 Å². The summed E-state index contributed by atoms with van der Waals surface area (Å²) >= 11 is 6.52. The highest BCUT2D eigenvalue weighted by molar-refractivity contribution is 9.11. The fourth-order valence-corrected chi connectivity index (χ4v) is 4.96. The molecule has 1 aromatic rings. The first-order valence-electron chi connectivity index (χ1n) is 5.97. The van der Waals surface area contributed by atoms with Crippen molar-refractivity contribution in [3.8, 4) is 6.19 Å². The number of sulfonamides is 1. The van der Waals surface area contributed by atoms with Crippen molar-refractivity contribution < 1.29 is 8.42 Å². The molecule has 108 valence electrons. The zero-order valence-electron chi connectivity index (χ0n) is 10.7. The van der Waals surface area contributed by atoms with Crippen molar-refractivity contribution in [1.29, 1.82) is 5.26 Å². The lowest BCUT2D eigenvalue weighted by Gasteiger charge is -2.14. The Labute approximate surface area is 135 Å². The van der Waals surface area contributed by atoms with Crippen molar-refractivity contribution in [3.05, 3.63) is 27.1 Å². The number of nitriles is 1. The summed E-state index contributed by atoms with van der Waals surface area (Å²) < 4.78 is 28.7. The van der Waals surface area contributed by atoms with Gasteiger partial charge in [0.15, 0.2) is 6.19 Å². The van der Waals surface area contributed by atoms with E-state index in [-0.39, 0.29) is 17.0 Å². The van der Waals surface area contributed by atoms with Crippen LogP contribution in [-0.2, 0) is 10.0 Å². The summed E-state index contributed by atoms with van der Waals surface area (Å²) in [5.74, 6) is 0. The van der Waals surface area contributed by atoms with Gasteiger partial charge in [-0.2, -0.15) is 5.26 Å². The maximum atomic E-state index is 12.4. The smallest absolute Gasteiger partial charge is 0.242 e. The molecule has 0 amide bonds. The topological polar surface area (TPSA) is 73.2 Å². The van der Waals surface area contributed by atoms with Gasteiger partial charge in [0, 0.05) is 27.6 Å². The minimum atomic E-state index is -3.61. The molecule has 0 saturated carbocycles. The average Bonchev–Trinajstić information content (AvgIpc) is 2.71. The van der Waals surface area contributed by atoms with Crippen molar-refractivity contribution >= 4 is 41.9 Å². The van der Waals surface area contributed by atoms with Crippen LogP contribution in [0.25, 0.3) is 0 Å². The van der Waals surface area contributed by atoms with Crippen molar-refractivity contribution in [2.24, 2.45) is 0 Å². The lowest BCUT2D eigenvalue weighted by Crippen LogP contribution is -2.36. The van der Waals surface area contributed by atoms with Crippen LogP contribution in [0.1, 0.15) is 13.3 Å². The van der Waals surface area contributed by atoms with Gasteiger partial charge in [0.2, 0.25) is 10.0 Å². The fraction of sp³-hybridized carbons (Fsp3) is 0.417. The number of benzene rings is 1. The Morgan fingerprint density at radius 2 is 2.15 bits per heavy atom. The van der Waals surface area contributed by atoms with E-state index in [2.05, 4.69) is 42.8 Å². The standard InChI is InChI=1S/C12H13Br2N3O2S/c1-8-4-10(6-17(8)7-15)16-20(18,19)12-5-9(13)2-3-11(12)14/h2-3,5,8,10,16H,4,6H2,1H3. The predicted octanol–water partition coefficient (Wildman–Crippen LogP) is 2.43. The van der Waals surface area contributed by atoms with Crippen LogP contribution in [0, 0.1) is 11.5 Å². The van der Waals surface area contributed by atoms with Crippen LogP contribution in [0.2, 0.25) is 0 Å². The Kier molecular flexibility index (Phi) is 4.74. The molecule has 0 radical (unpaired) electrons. The maximum Gasteiger partial charge on any atom is 0.242 e. The molecule has 1 aliphatic rings. The molecule has 1 N–H and O–H groups in total. The van der Waals surface area contributed by atoms with Crippen molar-refractivity contribution in [2.45, 2.75) is 30.3 Å². The summed E-state index contributed by atoms with van der Waals surface area (Å²) in [5, 5.41) is 8.94. The molecule has 0 bridgehead atoms.